The number of anilines is 1. The van der Waals surface area contributed by atoms with E-state index in [0.717, 1.165) is 36.5 Å². The minimum atomic E-state index is -4.61. The lowest BCUT2D eigenvalue weighted by atomic mass is 10.2. The molecular weight excluding hydrogens is 337 g/mol. The van der Waals surface area contributed by atoms with Gasteiger partial charge in [0.1, 0.15) is 0 Å². The first-order valence-corrected chi connectivity index (χ1v) is 7.51. The van der Waals surface area contributed by atoms with Gasteiger partial charge in [-0.05, 0) is 29.8 Å². The van der Waals surface area contributed by atoms with Gasteiger partial charge in [-0.3, -0.25) is 9.79 Å². The number of guanidine groups is 1. The number of nitrogens with zero attached hydrogens (tertiary/aromatic N) is 1. The molecular formula is C16H15F3N4O2. The molecule has 132 valence electrons. The van der Waals surface area contributed by atoms with Gasteiger partial charge in [-0.25, -0.2) is 0 Å². The lowest BCUT2D eigenvalue weighted by molar-refractivity contribution is -0.153. The molecule has 0 unspecified atom stereocenters. The number of alkyl halides is 3. The van der Waals surface area contributed by atoms with E-state index in [1.54, 1.807) is 12.1 Å². The minimum Gasteiger partial charge on any atom is -0.446 e. The third-order valence-corrected chi connectivity index (χ3v) is 3.45. The fourth-order valence-corrected chi connectivity index (χ4v) is 2.21. The van der Waals surface area contributed by atoms with Gasteiger partial charge in [0.25, 0.3) is 5.91 Å². The van der Waals surface area contributed by atoms with Crippen LogP contribution in [-0.2, 0) is 12.7 Å². The second-order valence-corrected chi connectivity index (χ2v) is 5.32. The number of amides is 1. The summed E-state index contributed by atoms with van der Waals surface area (Å²) in [5.41, 5.74) is 1.63. The van der Waals surface area contributed by atoms with Crippen molar-refractivity contribution in [1.82, 2.24) is 10.6 Å². The molecule has 1 aromatic heterocycles. The van der Waals surface area contributed by atoms with E-state index in [2.05, 4.69) is 25.4 Å². The van der Waals surface area contributed by atoms with Crippen molar-refractivity contribution in [2.24, 2.45) is 4.99 Å². The number of hydrogen-bond acceptors (Lipinski definition) is 5. The van der Waals surface area contributed by atoms with Crippen molar-refractivity contribution in [3.8, 4) is 0 Å². The predicted octanol–water partition coefficient (Wildman–Crippen LogP) is 2.60. The van der Waals surface area contributed by atoms with Gasteiger partial charge in [-0.15, -0.1) is 0 Å². The molecule has 6 nitrogen and oxygen atoms in total. The van der Waals surface area contributed by atoms with Gasteiger partial charge in [-0.2, -0.15) is 13.2 Å². The molecule has 0 bridgehead atoms. The number of rotatable bonds is 4. The second-order valence-electron chi connectivity index (χ2n) is 5.32. The summed E-state index contributed by atoms with van der Waals surface area (Å²) in [7, 11) is 0. The summed E-state index contributed by atoms with van der Waals surface area (Å²) in [5, 5.41) is 8.70. The van der Waals surface area contributed by atoms with Crippen molar-refractivity contribution >= 4 is 17.6 Å². The third-order valence-electron chi connectivity index (χ3n) is 3.45. The lowest BCUT2D eigenvalue weighted by Crippen LogP contribution is -2.26. The second kappa shape index (κ2) is 6.88. The van der Waals surface area contributed by atoms with Gasteiger partial charge < -0.3 is 20.4 Å². The molecule has 0 aliphatic carbocycles. The van der Waals surface area contributed by atoms with Gasteiger partial charge >= 0.3 is 6.18 Å². The Kier molecular flexibility index (Phi) is 4.64. The number of halogens is 3. The summed E-state index contributed by atoms with van der Waals surface area (Å²) in [5.74, 6) is -1.58. The first kappa shape index (κ1) is 16.9. The van der Waals surface area contributed by atoms with Crippen LogP contribution in [0.25, 0.3) is 0 Å². The molecule has 1 aliphatic heterocycles. The maximum absolute atomic E-state index is 12.5. The van der Waals surface area contributed by atoms with Crippen LogP contribution in [0.15, 0.2) is 45.8 Å². The van der Waals surface area contributed by atoms with Crippen molar-refractivity contribution in [3.05, 3.63) is 53.5 Å². The highest BCUT2D eigenvalue weighted by Gasteiger charge is 2.35. The smallest absolute Gasteiger partial charge is 0.446 e. The zero-order chi connectivity index (χ0) is 17.9. The van der Waals surface area contributed by atoms with Crippen LogP contribution in [0.5, 0.6) is 0 Å². The molecule has 0 saturated carbocycles. The van der Waals surface area contributed by atoms with E-state index < -0.39 is 17.8 Å². The van der Waals surface area contributed by atoms with Crippen LogP contribution in [0.2, 0.25) is 0 Å². The molecule has 1 aliphatic rings. The zero-order valence-electron chi connectivity index (χ0n) is 13.0. The van der Waals surface area contributed by atoms with Gasteiger partial charge in [-0.1, -0.05) is 12.1 Å². The Labute approximate surface area is 141 Å². The summed E-state index contributed by atoms with van der Waals surface area (Å²) in [4.78, 5) is 16.1. The Morgan fingerprint density at radius 1 is 1.20 bits per heavy atom. The molecule has 0 atom stereocenters. The standard InChI is InChI=1S/C16H15F3N4O2/c17-16(18,19)13-6-5-12(25-13)14(24)22-9-10-1-3-11(4-2-10)23-15-20-7-8-21-15/h1-6H,7-9H2,(H,22,24)(H2,20,21,23). The summed E-state index contributed by atoms with van der Waals surface area (Å²) >= 11 is 0. The van der Waals surface area contributed by atoms with Crippen LogP contribution in [0, 0.1) is 0 Å². The average Bonchev–Trinajstić information content (AvgIpc) is 3.25. The van der Waals surface area contributed by atoms with E-state index in [-0.39, 0.29) is 12.3 Å². The van der Waals surface area contributed by atoms with E-state index in [1.807, 2.05) is 12.1 Å². The average molecular weight is 352 g/mol. The summed E-state index contributed by atoms with van der Waals surface area (Å²) in [6.07, 6.45) is -4.61. The highest BCUT2D eigenvalue weighted by atomic mass is 19.4. The van der Waals surface area contributed by atoms with Crippen LogP contribution in [0.3, 0.4) is 0 Å². The minimum absolute atomic E-state index is 0.167. The predicted molar refractivity (Wildman–Crippen MR) is 85.2 cm³/mol. The summed E-state index contributed by atoms with van der Waals surface area (Å²) < 4.78 is 41.9. The van der Waals surface area contributed by atoms with E-state index in [4.69, 9.17) is 0 Å². The Morgan fingerprint density at radius 2 is 1.96 bits per heavy atom. The third kappa shape index (κ3) is 4.31. The Morgan fingerprint density at radius 3 is 2.56 bits per heavy atom. The van der Waals surface area contributed by atoms with E-state index >= 15 is 0 Å². The number of hydrogen-bond donors (Lipinski definition) is 3. The van der Waals surface area contributed by atoms with Crippen LogP contribution < -0.4 is 16.0 Å². The molecule has 0 radical (unpaired) electrons. The monoisotopic (exact) mass is 352 g/mol. The summed E-state index contributed by atoms with van der Waals surface area (Å²) in [6.45, 7) is 1.70. The first-order chi connectivity index (χ1) is 11.9. The van der Waals surface area contributed by atoms with Crippen molar-refractivity contribution in [3.63, 3.8) is 0 Å². The van der Waals surface area contributed by atoms with Crippen molar-refractivity contribution < 1.29 is 22.4 Å². The largest absolute Gasteiger partial charge is 0.449 e. The van der Waals surface area contributed by atoms with E-state index in [1.165, 1.54) is 0 Å². The molecule has 9 heteroatoms. The number of carbonyl (C=O) groups excluding carboxylic acids is 1. The van der Waals surface area contributed by atoms with Gasteiger partial charge in [0.2, 0.25) is 5.76 Å². The maximum atomic E-state index is 12.5. The van der Waals surface area contributed by atoms with Crippen molar-refractivity contribution in [1.29, 1.82) is 0 Å². The normalized spacial score (nSPS) is 14.0. The zero-order valence-corrected chi connectivity index (χ0v) is 13.0. The molecule has 0 saturated heterocycles. The molecule has 2 heterocycles. The molecule has 1 amide bonds. The number of carbonyl (C=O) groups is 1. The van der Waals surface area contributed by atoms with Crippen molar-refractivity contribution in [2.75, 3.05) is 18.4 Å². The Hall–Kier alpha value is -2.97. The first-order valence-electron chi connectivity index (χ1n) is 7.51. The molecule has 0 fully saturated rings. The van der Waals surface area contributed by atoms with E-state index in [9.17, 15) is 18.0 Å². The highest BCUT2D eigenvalue weighted by Crippen LogP contribution is 2.30. The molecule has 3 N–H and O–H groups in total. The molecule has 1 aromatic carbocycles. The molecule has 2 aromatic rings. The lowest BCUT2D eigenvalue weighted by Gasteiger charge is -2.08. The van der Waals surface area contributed by atoms with E-state index in [0.29, 0.717) is 5.96 Å². The van der Waals surface area contributed by atoms with Gasteiger partial charge in [0, 0.05) is 18.8 Å². The topological polar surface area (TPSA) is 78.7 Å². The Balaban J connectivity index is 1.54. The summed E-state index contributed by atoms with van der Waals surface area (Å²) in [6, 6.07) is 8.95. The van der Waals surface area contributed by atoms with Crippen LogP contribution >= 0.6 is 0 Å². The van der Waals surface area contributed by atoms with Crippen LogP contribution in [0.4, 0.5) is 18.9 Å². The van der Waals surface area contributed by atoms with Crippen LogP contribution in [-0.4, -0.2) is 25.0 Å². The highest BCUT2D eigenvalue weighted by molar-refractivity contribution is 5.94. The number of furan rings is 1. The van der Waals surface area contributed by atoms with Crippen molar-refractivity contribution in [2.45, 2.75) is 12.7 Å². The fourth-order valence-electron chi connectivity index (χ4n) is 2.21. The van der Waals surface area contributed by atoms with Gasteiger partial charge in [0.05, 0.1) is 6.54 Å². The van der Waals surface area contributed by atoms with Gasteiger partial charge in [0.15, 0.2) is 11.7 Å². The number of aliphatic imine (C=N–C) groups is 1. The quantitative estimate of drug-likeness (QED) is 0.790. The molecule has 3 rings (SSSR count). The Bertz CT molecular complexity index is 781. The fraction of sp³-hybridized carbons (Fsp3) is 0.250. The molecule has 0 spiro atoms. The number of benzene rings is 1. The maximum Gasteiger partial charge on any atom is 0.449 e. The molecule has 25 heavy (non-hydrogen) atoms. The SMILES string of the molecule is O=C(NCc1ccc(NC2=NCCN2)cc1)c1ccc(C(F)(F)F)o1. The van der Waals surface area contributed by atoms with Crippen LogP contribution in [0.1, 0.15) is 21.9 Å². The number of nitrogens with one attached hydrogen (secondary N) is 3.